The van der Waals surface area contributed by atoms with Crippen LogP contribution in [0.1, 0.15) is 42.7 Å². The van der Waals surface area contributed by atoms with Gasteiger partial charge >= 0.3 is 12.1 Å². The third-order valence-corrected chi connectivity index (χ3v) is 7.53. The van der Waals surface area contributed by atoms with Crippen molar-refractivity contribution in [2.45, 2.75) is 43.7 Å². The molecule has 2 aliphatic carbocycles. The molecule has 3 N–H and O–H groups in total. The van der Waals surface area contributed by atoms with Crippen LogP contribution in [0.25, 0.3) is 11.1 Å². The molecule has 1 heterocycles. The minimum absolute atomic E-state index is 0.0495. The van der Waals surface area contributed by atoms with Crippen LogP contribution in [0.15, 0.2) is 48.5 Å². The van der Waals surface area contributed by atoms with E-state index in [4.69, 9.17) is 9.47 Å². The van der Waals surface area contributed by atoms with E-state index in [1.165, 1.54) is 0 Å². The van der Waals surface area contributed by atoms with Crippen molar-refractivity contribution in [2.75, 3.05) is 19.8 Å². The maximum atomic E-state index is 12.7. The quantitative estimate of drug-likeness (QED) is 0.537. The van der Waals surface area contributed by atoms with Crippen LogP contribution in [0.3, 0.4) is 0 Å². The lowest BCUT2D eigenvalue weighted by atomic mass is 9.76. The largest absolute Gasteiger partial charge is 0.481 e. The number of carbonyl (C=O) groups excluding carboxylic acids is 2. The summed E-state index contributed by atoms with van der Waals surface area (Å²) in [4.78, 5) is 36.9. The standard InChI is InChI=1S/C27H30N2O6/c30-25(28-14-21(26(31)32)16-6-5-7-16)24-23(12-13-34-24)29-27(33)35-15-22-19-10-3-1-8-17(19)18-9-2-4-11-20(18)22/h1-4,8-11,16,21-24H,5-7,12-15H2,(H,28,30)(H,29,33)(H,31,32). The predicted molar refractivity (Wildman–Crippen MR) is 128 cm³/mol. The second-order valence-corrected chi connectivity index (χ2v) is 9.54. The van der Waals surface area contributed by atoms with Gasteiger partial charge in [0.1, 0.15) is 6.61 Å². The number of hydrogen-bond donors (Lipinski definition) is 3. The van der Waals surface area contributed by atoms with Crippen LogP contribution in [-0.4, -0.2) is 55.0 Å². The number of ether oxygens (including phenoxy) is 2. The minimum atomic E-state index is -0.893. The summed E-state index contributed by atoms with van der Waals surface area (Å²) in [5.41, 5.74) is 4.56. The molecule has 2 aromatic carbocycles. The van der Waals surface area contributed by atoms with Crippen molar-refractivity contribution in [1.29, 1.82) is 0 Å². The molecule has 0 radical (unpaired) electrons. The fourth-order valence-electron chi connectivity index (χ4n) is 5.40. The SMILES string of the molecule is O=C(NC1CCOC1C(=O)NCC(C(=O)O)C1CCC1)OCC1c2ccccc2-c2ccccc21. The highest BCUT2D eigenvalue weighted by Gasteiger charge is 2.38. The predicted octanol–water partition coefficient (Wildman–Crippen LogP) is 3.30. The molecule has 8 nitrogen and oxygen atoms in total. The third-order valence-electron chi connectivity index (χ3n) is 7.53. The molecule has 1 aliphatic heterocycles. The Morgan fingerprint density at radius 3 is 2.26 bits per heavy atom. The second-order valence-electron chi connectivity index (χ2n) is 9.54. The highest BCUT2D eigenvalue weighted by molar-refractivity contribution is 5.83. The Balaban J connectivity index is 1.16. The van der Waals surface area contributed by atoms with Crippen LogP contribution in [0, 0.1) is 11.8 Å². The van der Waals surface area contributed by atoms with Gasteiger partial charge in [0.25, 0.3) is 5.91 Å². The highest BCUT2D eigenvalue weighted by Crippen LogP contribution is 2.44. The summed E-state index contributed by atoms with van der Waals surface area (Å²) < 4.78 is 11.2. The fourth-order valence-corrected chi connectivity index (χ4v) is 5.40. The van der Waals surface area contributed by atoms with Crippen molar-refractivity contribution >= 4 is 18.0 Å². The first-order valence-corrected chi connectivity index (χ1v) is 12.3. The topological polar surface area (TPSA) is 114 Å². The number of carboxylic acid groups (broad SMARTS) is 1. The van der Waals surface area contributed by atoms with E-state index >= 15 is 0 Å². The zero-order valence-corrected chi connectivity index (χ0v) is 19.4. The van der Waals surface area contributed by atoms with E-state index in [1.807, 2.05) is 24.3 Å². The molecule has 184 valence electrons. The fraction of sp³-hybridized carbons (Fsp3) is 0.444. The smallest absolute Gasteiger partial charge is 0.407 e. The minimum Gasteiger partial charge on any atom is -0.481 e. The van der Waals surface area contributed by atoms with Gasteiger partial charge in [-0.2, -0.15) is 0 Å². The molecule has 35 heavy (non-hydrogen) atoms. The lowest BCUT2D eigenvalue weighted by molar-refractivity contribution is -0.145. The van der Waals surface area contributed by atoms with Gasteiger partial charge in [0.15, 0.2) is 6.10 Å². The van der Waals surface area contributed by atoms with Crippen LogP contribution in [-0.2, 0) is 19.1 Å². The number of aliphatic carboxylic acids is 1. The molecule has 1 saturated carbocycles. The van der Waals surface area contributed by atoms with Gasteiger partial charge in [-0.1, -0.05) is 55.0 Å². The van der Waals surface area contributed by atoms with Crippen LogP contribution < -0.4 is 10.6 Å². The maximum Gasteiger partial charge on any atom is 0.407 e. The molecule has 0 spiro atoms. The molecular weight excluding hydrogens is 448 g/mol. The van der Waals surface area contributed by atoms with Gasteiger partial charge in [-0.25, -0.2) is 4.79 Å². The van der Waals surface area contributed by atoms with Gasteiger partial charge in [0.2, 0.25) is 0 Å². The van der Waals surface area contributed by atoms with Crippen molar-refractivity contribution in [3.05, 3.63) is 59.7 Å². The van der Waals surface area contributed by atoms with Crippen molar-refractivity contribution in [2.24, 2.45) is 11.8 Å². The van der Waals surface area contributed by atoms with E-state index in [-0.39, 0.29) is 25.0 Å². The molecule has 0 aromatic heterocycles. The summed E-state index contributed by atoms with van der Waals surface area (Å²) in [5.74, 6) is -1.84. The molecular formula is C27H30N2O6. The van der Waals surface area contributed by atoms with Gasteiger partial charge < -0.3 is 25.2 Å². The Hall–Kier alpha value is -3.39. The zero-order valence-electron chi connectivity index (χ0n) is 19.4. The summed E-state index contributed by atoms with van der Waals surface area (Å²) >= 11 is 0. The Morgan fingerprint density at radius 1 is 1.00 bits per heavy atom. The second kappa shape index (κ2) is 10.1. The van der Waals surface area contributed by atoms with Crippen molar-refractivity contribution in [3.8, 4) is 11.1 Å². The van der Waals surface area contributed by atoms with Crippen molar-refractivity contribution in [3.63, 3.8) is 0 Å². The van der Waals surface area contributed by atoms with Crippen LogP contribution >= 0.6 is 0 Å². The molecule has 0 bridgehead atoms. The summed E-state index contributed by atoms with van der Waals surface area (Å²) in [6.07, 6.45) is 1.79. The third kappa shape index (κ3) is 4.75. The first-order chi connectivity index (χ1) is 17.0. The highest BCUT2D eigenvalue weighted by atomic mass is 16.6. The van der Waals surface area contributed by atoms with Crippen LogP contribution in [0.4, 0.5) is 4.79 Å². The lowest BCUT2D eigenvalue weighted by Crippen LogP contribution is -2.50. The average Bonchev–Trinajstić information content (AvgIpc) is 3.41. The van der Waals surface area contributed by atoms with E-state index in [1.54, 1.807) is 0 Å². The number of carboxylic acids is 1. The Kier molecular flexibility index (Phi) is 6.72. The Labute approximate surface area is 204 Å². The van der Waals surface area contributed by atoms with Crippen molar-refractivity contribution < 1.29 is 29.0 Å². The normalized spacial score (nSPS) is 21.9. The van der Waals surface area contributed by atoms with Gasteiger partial charge in [-0.15, -0.1) is 0 Å². The Bertz CT molecular complexity index is 1070. The molecule has 3 unspecified atom stereocenters. The summed E-state index contributed by atoms with van der Waals surface area (Å²) in [6.45, 7) is 0.583. The van der Waals surface area contributed by atoms with Crippen LogP contribution in [0.2, 0.25) is 0 Å². The number of amides is 2. The van der Waals surface area contributed by atoms with E-state index in [0.717, 1.165) is 41.5 Å². The van der Waals surface area contributed by atoms with Crippen LogP contribution in [0.5, 0.6) is 0 Å². The zero-order chi connectivity index (χ0) is 24.4. The molecule has 2 aromatic rings. The molecule has 5 rings (SSSR count). The molecule has 2 fully saturated rings. The molecule has 3 atom stereocenters. The number of nitrogens with one attached hydrogen (secondary N) is 2. The molecule has 2 amide bonds. The maximum absolute atomic E-state index is 12.7. The van der Waals surface area contributed by atoms with Gasteiger partial charge in [-0.05, 0) is 47.4 Å². The summed E-state index contributed by atoms with van der Waals surface area (Å²) in [6, 6.07) is 15.7. The summed E-state index contributed by atoms with van der Waals surface area (Å²) in [5, 5.41) is 15.0. The Morgan fingerprint density at radius 2 is 1.66 bits per heavy atom. The number of alkyl carbamates (subject to hydrolysis) is 1. The molecule has 1 saturated heterocycles. The van der Waals surface area contributed by atoms with Crippen molar-refractivity contribution in [1.82, 2.24) is 10.6 Å². The number of rotatable bonds is 8. The first-order valence-electron chi connectivity index (χ1n) is 12.3. The number of hydrogen-bond acceptors (Lipinski definition) is 5. The summed E-state index contributed by atoms with van der Waals surface area (Å²) in [7, 11) is 0. The monoisotopic (exact) mass is 478 g/mol. The van der Waals surface area contributed by atoms with Gasteiger partial charge in [-0.3, -0.25) is 9.59 Å². The first kappa shape index (κ1) is 23.4. The number of benzene rings is 2. The molecule has 8 heteroatoms. The number of fused-ring (bicyclic) bond motifs is 3. The number of carbonyl (C=O) groups is 3. The lowest BCUT2D eigenvalue weighted by Gasteiger charge is -2.31. The molecule has 3 aliphatic rings. The van der Waals surface area contributed by atoms with E-state index < -0.39 is 36.0 Å². The average molecular weight is 479 g/mol. The van der Waals surface area contributed by atoms with E-state index in [9.17, 15) is 19.5 Å². The van der Waals surface area contributed by atoms with Gasteiger partial charge in [0.05, 0.1) is 12.0 Å². The van der Waals surface area contributed by atoms with E-state index in [2.05, 4.69) is 34.9 Å². The van der Waals surface area contributed by atoms with E-state index in [0.29, 0.717) is 13.0 Å². The van der Waals surface area contributed by atoms with Gasteiger partial charge in [0, 0.05) is 19.1 Å².